The molecule has 4 heteroatoms. The summed E-state index contributed by atoms with van der Waals surface area (Å²) in [6.45, 7) is 4.03. The van der Waals surface area contributed by atoms with E-state index in [9.17, 15) is 0 Å². The maximum Gasteiger partial charge on any atom is 0.172 e. The molecule has 3 N–H and O–H groups in total. The fourth-order valence-electron chi connectivity index (χ4n) is 2.18. The predicted octanol–water partition coefficient (Wildman–Crippen LogP) is 3.17. The van der Waals surface area contributed by atoms with Crippen molar-refractivity contribution in [3.63, 3.8) is 0 Å². The van der Waals surface area contributed by atoms with E-state index < -0.39 is 0 Å². The van der Waals surface area contributed by atoms with Gasteiger partial charge in [0.05, 0.1) is 5.69 Å². The molecule has 0 heterocycles. The zero-order valence-electron chi connectivity index (χ0n) is 12.0. The minimum absolute atomic E-state index is 0.114. The molecule has 0 aliphatic heterocycles. The Morgan fingerprint density at radius 3 is 2.45 bits per heavy atom. The van der Waals surface area contributed by atoms with Crippen LogP contribution in [-0.4, -0.2) is 18.1 Å². The normalized spacial score (nSPS) is 11.4. The molecule has 0 saturated carbocycles. The molecule has 20 heavy (non-hydrogen) atoms. The van der Waals surface area contributed by atoms with Crippen molar-refractivity contribution < 1.29 is 5.21 Å². The summed E-state index contributed by atoms with van der Waals surface area (Å²) in [7, 11) is 1.97. The first kappa shape index (κ1) is 13.9. The Hall–Kier alpha value is -2.49. The Bertz CT molecular complexity index is 650. The molecule has 0 unspecified atom stereocenters. The molecule has 0 fully saturated rings. The fourth-order valence-corrected chi connectivity index (χ4v) is 2.18. The molecule has 0 amide bonds. The van der Waals surface area contributed by atoms with Crippen molar-refractivity contribution in [2.75, 3.05) is 11.9 Å². The number of amidine groups is 1. The molecule has 0 aliphatic carbocycles. The van der Waals surface area contributed by atoms with Crippen LogP contribution in [0.15, 0.2) is 47.6 Å². The second-order valence-corrected chi connectivity index (χ2v) is 4.90. The van der Waals surface area contributed by atoms with Crippen LogP contribution in [0.4, 0.5) is 11.4 Å². The highest BCUT2D eigenvalue weighted by Crippen LogP contribution is 2.28. The number of hydrogen-bond donors (Lipinski definition) is 2. The molecular formula is C16H19N3O. The summed E-state index contributed by atoms with van der Waals surface area (Å²) in [5.41, 5.74) is 10.7. The number of benzene rings is 2. The van der Waals surface area contributed by atoms with Gasteiger partial charge in [0.25, 0.3) is 0 Å². The topological polar surface area (TPSA) is 61.8 Å². The van der Waals surface area contributed by atoms with Crippen LogP contribution in [0, 0.1) is 13.8 Å². The molecular weight excluding hydrogens is 250 g/mol. The van der Waals surface area contributed by atoms with E-state index in [0.29, 0.717) is 0 Å². The van der Waals surface area contributed by atoms with Crippen molar-refractivity contribution in [2.24, 2.45) is 10.9 Å². The lowest BCUT2D eigenvalue weighted by Crippen LogP contribution is -2.19. The minimum atomic E-state index is 0.114. The zero-order chi connectivity index (χ0) is 14.7. The van der Waals surface area contributed by atoms with Crippen molar-refractivity contribution in [1.29, 1.82) is 0 Å². The van der Waals surface area contributed by atoms with Crippen molar-refractivity contribution in [1.82, 2.24) is 0 Å². The van der Waals surface area contributed by atoms with Crippen molar-refractivity contribution in [3.8, 4) is 0 Å². The van der Waals surface area contributed by atoms with Gasteiger partial charge in [-0.2, -0.15) is 0 Å². The average Bonchev–Trinajstić information content (AvgIpc) is 2.45. The number of oxime groups is 1. The number of rotatable bonds is 3. The molecule has 0 atom stereocenters. The van der Waals surface area contributed by atoms with Crippen molar-refractivity contribution in [3.05, 3.63) is 59.2 Å². The van der Waals surface area contributed by atoms with E-state index in [0.717, 1.165) is 22.5 Å². The van der Waals surface area contributed by atoms with Crippen LogP contribution in [0.2, 0.25) is 0 Å². The number of aryl methyl sites for hydroxylation is 2. The Morgan fingerprint density at radius 1 is 1.10 bits per heavy atom. The molecule has 0 spiro atoms. The van der Waals surface area contributed by atoms with E-state index in [1.807, 2.05) is 49.2 Å². The Labute approximate surface area is 119 Å². The van der Waals surface area contributed by atoms with E-state index in [2.05, 4.69) is 24.2 Å². The molecule has 0 bridgehead atoms. The zero-order valence-corrected chi connectivity index (χ0v) is 12.0. The molecule has 0 aromatic heterocycles. The van der Waals surface area contributed by atoms with Gasteiger partial charge in [0.15, 0.2) is 5.84 Å². The van der Waals surface area contributed by atoms with Crippen LogP contribution in [-0.2, 0) is 0 Å². The first-order valence-corrected chi connectivity index (χ1v) is 6.42. The van der Waals surface area contributed by atoms with E-state index in [4.69, 9.17) is 10.9 Å². The lowest BCUT2D eigenvalue weighted by Gasteiger charge is -2.23. The number of nitrogens with zero attached hydrogens (tertiary/aromatic N) is 2. The van der Waals surface area contributed by atoms with Gasteiger partial charge >= 0.3 is 0 Å². The number of nitrogens with two attached hydrogens (primary N) is 1. The monoisotopic (exact) mass is 269 g/mol. The summed E-state index contributed by atoms with van der Waals surface area (Å²) in [6.07, 6.45) is 0. The second kappa shape index (κ2) is 5.65. The third-order valence-corrected chi connectivity index (χ3v) is 3.29. The Kier molecular flexibility index (Phi) is 3.94. The van der Waals surface area contributed by atoms with E-state index in [1.54, 1.807) is 0 Å². The summed E-state index contributed by atoms with van der Waals surface area (Å²) in [5, 5.41) is 12.1. The molecule has 2 rings (SSSR count). The average molecular weight is 269 g/mol. The molecule has 0 saturated heterocycles. The predicted molar refractivity (Wildman–Crippen MR) is 82.9 cm³/mol. The Balaban J connectivity index is 2.52. The summed E-state index contributed by atoms with van der Waals surface area (Å²) in [4.78, 5) is 2.03. The van der Waals surface area contributed by atoms with Crippen LogP contribution in [0.5, 0.6) is 0 Å². The van der Waals surface area contributed by atoms with Gasteiger partial charge in [-0.1, -0.05) is 28.9 Å². The highest BCUT2D eigenvalue weighted by molar-refractivity contribution is 6.03. The molecule has 104 valence electrons. The van der Waals surface area contributed by atoms with Gasteiger partial charge in [0.1, 0.15) is 0 Å². The first-order valence-electron chi connectivity index (χ1n) is 6.42. The quantitative estimate of drug-likeness (QED) is 0.389. The van der Waals surface area contributed by atoms with Gasteiger partial charge in [-0.25, -0.2) is 0 Å². The van der Waals surface area contributed by atoms with Gasteiger partial charge in [-0.15, -0.1) is 0 Å². The smallest absolute Gasteiger partial charge is 0.172 e. The highest BCUT2D eigenvalue weighted by atomic mass is 16.4. The van der Waals surface area contributed by atoms with Gasteiger partial charge in [-0.3, -0.25) is 0 Å². The van der Waals surface area contributed by atoms with E-state index in [1.165, 1.54) is 5.56 Å². The first-order chi connectivity index (χ1) is 9.52. The largest absolute Gasteiger partial charge is 0.409 e. The van der Waals surface area contributed by atoms with Crippen LogP contribution in [0.3, 0.4) is 0 Å². The van der Waals surface area contributed by atoms with Crippen LogP contribution >= 0.6 is 0 Å². The van der Waals surface area contributed by atoms with E-state index in [-0.39, 0.29) is 5.84 Å². The lowest BCUT2D eigenvalue weighted by atomic mass is 10.1. The van der Waals surface area contributed by atoms with Crippen LogP contribution in [0.1, 0.15) is 16.7 Å². The summed E-state index contributed by atoms with van der Waals surface area (Å²) in [6, 6.07) is 14.1. The number of anilines is 2. The number of hydrogen-bond acceptors (Lipinski definition) is 3. The maximum absolute atomic E-state index is 8.94. The molecule has 0 radical (unpaired) electrons. The van der Waals surface area contributed by atoms with Gasteiger partial charge in [0, 0.05) is 18.3 Å². The molecule has 4 nitrogen and oxygen atoms in total. The molecule has 2 aromatic carbocycles. The minimum Gasteiger partial charge on any atom is -0.409 e. The van der Waals surface area contributed by atoms with Crippen LogP contribution < -0.4 is 10.6 Å². The Morgan fingerprint density at radius 2 is 1.80 bits per heavy atom. The summed E-state index contributed by atoms with van der Waals surface area (Å²) in [5.74, 6) is 0.114. The van der Waals surface area contributed by atoms with Crippen molar-refractivity contribution >= 4 is 17.2 Å². The SMILES string of the molecule is Cc1cccc(N(C)c2ccc(C)cc2/C(N)=N/O)c1. The highest BCUT2D eigenvalue weighted by Gasteiger charge is 2.12. The van der Waals surface area contributed by atoms with Crippen molar-refractivity contribution in [2.45, 2.75) is 13.8 Å². The third-order valence-electron chi connectivity index (χ3n) is 3.29. The lowest BCUT2D eigenvalue weighted by molar-refractivity contribution is 0.318. The van der Waals surface area contributed by atoms with Gasteiger partial charge < -0.3 is 15.8 Å². The standard InChI is InChI=1S/C16H19N3O/c1-11-5-4-6-13(9-11)19(3)15-8-7-12(2)10-14(15)16(17)18-20/h4-10,20H,1-3H3,(H2,17,18). The second-order valence-electron chi connectivity index (χ2n) is 4.90. The maximum atomic E-state index is 8.94. The molecule has 0 aliphatic rings. The molecule has 2 aromatic rings. The fraction of sp³-hybridized carbons (Fsp3) is 0.188. The van der Waals surface area contributed by atoms with Gasteiger partial charge in [0.2, 0.25) is 0 Å². The van der Waals surface area contributed by atoms with Gasteiger partial charge in [-0.05, 0) is 43.7 Å². The summed E-state index contributed by atoms with van der Waals surface area (Å²) >= 11 is 0. The third kappa shape index (κ3) is 2.74. The summed E-state index contributed by atoms with van der Waals surface area (Å²) < 4.78 is 0. The van der Waals surface area contributed by atoms with E-state index >= 15 is 0 Å². The van der Waals surface area contributed by atoms with Crippen LogP contribution in [0.25, 0.3) is 0 Å².